The van der Waals surface area contributed by atoms with Crippen molar-refractivity contribution in [2.75, 3.05) is 13.7 Å². The Kier molecular flexibility index (Phi) is 5.69. The van der Waals surface area contributed by atoms with Crippen molar-refractivity contribution in [2.24, 2.45) is 5.73 Å². The highest BCUT2D eigenvalue weighted by molar-refractivity contribution is 7.89. The molecule has 0 radical (unpaired) electrons. The summed E-state index contributed by atoms with van der Waals surface area (Å²) in [6.45, 7) is 1.58. The first-order valence-electron chi connectivity index (χ1n) is 5.52. The van der Waals surface area contributed by atoms with Crippen LogP contribution in [0.15, 0.2) is 17.0 Å². The summed E-state index contributed by atoms with van der Waals surface area (Å²) in [6.07, 6.45) is -0.328. The van der Waals surface area contributed by atoms with Crippen LogP contribution in [0.4, 0.5) is 4.39 Å². The number of halogens is 2. The highest BCUT2D eigenvalue weighted by Gasteiger charge is 2.22. The van der Waals surface area contributed by atoms with Crippen LogP contribution >= 0.6 is 11.6 Å². The Hall–Kier alpha value is -0.730. The molecule has 19 heavy (non-hydrogen) atoms. The lowest BCUT2D eigenvalue weighted by Gasteiger charge is -2.13. The first kappa shape index (κ1) is 16.3. The minimum Gasteiger partial charge on any atom is -0.380 e. The molecule has 1 unspecified atom stereocenters. The van der Waals surface area contributed by atoms with Gasteiger partial charge >= 0.3 is 0 Å². The van der Waals surface area contributed by atoms with E-state index in [9.17, 15) is 12.8 Å². The van der Waals surface area contributed by atoms with E-state index in [4.69, 9.17) is 22.1 Å². The zero-order valence-electron chi connectivity index (χ0n) is 10.6. The summed E-state index contributed by atoms with van der Waals surface area (Å²) in [5, 5.41) is 0.113. The highest BCUT2D eigenvalue weighted by atomic mass is 35.5. The molecular weight excluding hydrogens is 295 g/mol. The molecule has 3 N–H and O–H groups in total. The Morgan fingerprint density at radius 1 is 1.53 bits per heavy atom. The largest absolute Gasteiger partial charge is 0.380 e. The second kappa shape index (κ2) is 6.62. The molecule has 5 nitrogen and oxygen atoms in total. The van der Waals surface area contributed by atoms with Gasteiger partial charge in [-0.15, -0.1) is 0 Å². The van der Waals surface area contributed by atoms with Gasteiger partial charge in [-0.3, -0.25) is 0 Å². The normalized spacial score (nSPS) is 13.5. The van der Waals surface area contributed by atoms with Gasteiger partial charge in [0, 0.05) is 30.8 Å². The smallest absolute Gasteiger partial charge is 0.243 e. The predicted octanol–water partition coefficient (Wildman–Crippen LogP) is 1.25. The van der Waals surface area contributed by atoms with E-state index in [0.29, 0.717) is 0 Å². The van der Waals surface area contributed by atoms with Crippen LogP contribution in [0.2, 0.25) is 5.02 Å². The number of sulfonamides is 1. The van der Waals surface area contributed by atoms with Crippen LogP contribution in [0.3, 0.4) is 0 Å². The van der Waals surface area contributed by atoms with Gasteiger partial charge in [-0.05, 0) is 19.1 Å². The molecule has 0 fully saturated rings. The standard InChI is InChI=1S/C11H16ClFN2O3S/c1-7(18-2)6-15-19(16,17)10-4-9(12)3-8(5-14)11(10)13/h3-4,7,15H,5-6,14H2,1-2H3. The third kappa shape index (κ3) is 4.12. The Balaban J connectivity index is 3.11. The first-order valence-corrected chi connectivity index (χ1v) is 7.38. The lowest BCUT2D eigenvalue weighted by molar-refractivity contribution is 0.122. The number of nitrogens with one attached hydrogen (secondary N) is 1. The molecule has 0 aliphatic carbocycles. The molecule has 0 saturated heterocycles. The molecule has 1 aromatic carbocycles. The molecule has 1 rings (SSSR count). The fraction of sp³-hybridized carbons (Fsp3) is 0.455. The SMILES string of the molecule is COC(C)CNS(=O)(=O)c1cc(Cl)cc(CN)c1F. The van der Waals surface area contributed by atoms with Crippen molar-refractivity contribution in [3.63, 3.8) is 0 Å². The number of hydrogen-bond acceptors (Lipinski definition) is 4. The molecule has 0 amide bonds. The number of nitrogens with two attached hydrogens (primary N) is 1. The third-order valence-corrected chi connectivity index (χ3v) is 4.19. The minimum absolute atomic E-state index is 0.0305. The quantitative estimate of drug-likeness (QED) is 0.828. The van der Waals surface area contributed by atoms with Crippen molar-refractivity contribution >= 4 is 21.6 Å². The Labute approximate surface area is 116 Å². The number of ether oxygens (including phenoxy) is 1. The average molecular weight is 311 g/mol. The zero-order valence-corrected chi connectivity index (χ0v) is 12.2. The summed E-state index contributed by atoms with van der Waals surface area (Å²) >= 11 is 5.76. The van der Waals surface area contributed by atoms with Crippen molar-refractivity contribution in [3.05, 3.63) is 28.5 Å². The van der Waals surface area contributed by atoms with Crippen molar-refractivity contribution in [1.82, 2.24) is 4.72 Å². The summed E-state index contributed by atoms with van der Waals surface area (Å²) in [6, 6.07) is 2.35. The Bertz CT molecular complexity index is 551. The summed E-state index contributed by atoms with van der Waals surface area (Å²) in [5.74, 6) is -0.885. The van der Waals surface area contributed by atoms with E-state index in [1.54, 1.807) is 6.92 Å². The van der Waals surface area contributed by atoms with Crippen LogP contribution < -0.4 is 10.5 Å². The molecule has 0 saturated carbocycles. The van der Waals surface area contributed by atoms with Crippen molar-refractivity contribution in [1.29, 1.82) is 0 Å². The second-order valence-corrected chi connectivity index (χ2v) is 6.15. The van der Waals surface area contributed by atoms with E-state index in [-0.39, 0.29) is 29.8 Å². The van der Waals surface area contributed by atoms with E-state index >= 15 is 0 Å². The molecule has 0 aliphatic rings. The fourth-order valence-electron chi connectivity index (χ4n) is 1.35. The molecule has 1 aromatic rings. The molecule has 0 heterocycles. The van der Waals surface area contributed by atoms with Crippen molar-refractivity contribution in [3.8, 4) is 0 Å². The summed E-state index contributed by atoms with van der Waals surface area (Å²) in [7, 11) is -2.55. The fourth-order valence-corrected chi connectivity index (χ4v) is 2.91. The van der Waals surface area contributed by atoms with Crippen LogP contribution in [0.25, 0.3) is 0 Å². The summed E-state index contributed by atoms with van der Waals surface area (Å²) in [4.78, 5) is -0.510. The van der Waals surface area contributed by atoms with Gasteiger partial charge in [0.15, 0.2) is 0 Å². The zero-order chi connectivity index (χ0) is 14.6. The maximum Gasteiger partial charge on any atom is 0.243 e. The molecular formula is C11H16ClFN2O3S. The van der Waals surface area contributed by atoms with Gasteiger partial charge in [0.25, 0.3) is 0 Å². The molecule has 0 aromatic heterocycles. The van der Waals surface area contributed by atoms with Gasteiger partial charge in [-0.1, -0.05) is 11.6 Å². The predicted molar refractivity (Wildman–Crippen MR) is 71.0 cm³/mol. The average Bonchev–Trinajstić information content (AvgIpc) is 2.38. The molecule has 0 aliphatic heterocycles. The maximum atomic E-state index is 14.0. The minimum atomic E-state index is -4.00. The van der Waals surface area contributed by atoms with E-state index < -0.39 is 20.7 Å². The molecule has 108 valence electrons. The topological polar surface area (TPSA) is 81.4 Å². The number of rotatable bonds is 6. The lowest BCUT2D eigenvalue weighted by Crippen LogP contribution is -2.32. The van der Waals surface area contributed by atoms with Crippen LogP contribution in [-0.2, 0) is 21.3 Å². The lowest BCUT2D eigenvalue weighted by atomic mass is 10.2. The highest BCUT2D eigenvalue weighted by Crippen LogP contribution is 2.23. The van der Waals surface area contributed by atoms with E-state index in [1.165, 1.54) is 13.2 Å². The number of benzene rings is 1. The van der Waals surface area contributed by atoms with Crippen LogP contribution in [0.1, 0.15) is 12.5 Å². The molecule has 0 bridgehead atoms. The summed E-state index contributed by atoms with van der Waals surface area (Å²) in [5.41, 5.74) is 5.39. The van der Waals surface area contributed by atoms with Gasteiger partial charge in [0.2, 0.25) is 10.0 Å². The van der Waals surface area contributed by atoms with E-state index in [0.717, 1.165) is 6.07 Å². The maximum absolute atomic E-state index is 14.0. The molecule has 8 heteroatoms. The molecule has 0 spiro atoms. The van der Waals surface area contributed by atoms with Gasteiger partial charge in [0.05, 0.1) is 6.10 Å². The van der Waals surface area contributed by atoms with Gasteiger partial charge in [-0.25, -0.2) is 17.5 Å². The van der Waals surface area contributed by atoms with Crippen molar-refractivity contribution < 1.29 is 17.5 Å². The Morgan fingerprint density at radius 2 is 2.16 bits per heavy atom. The monoisotopic (exact) mass is 310 g/mol. The van der Waals surface area contributed by atoms with Crippen LogP contribution in [-0.4, -0.2) is 28.2 Å². The van der Waals surface area contributed by atoms with Crippen LogP contribution in [0, 0.1) is 5.82 Å². The number of methoxy groups -OCH3 is 1. The van der Waals surface area contributed by atoms with Crippen molar-refractivity contribution in [2.45, 2.75) is 24.5 Å². The van der Waals surface area contributed by atoms with Gasteiger partial charge < -0.3 is 10.5 Å². The Morgan fingerprint density at radius 3 is 2.68 bits per heavy atom. The molecule has 1 atom stereocenters. The van der Waals surface area contributed by atoms with E-state index in [1.807, 2.05) is 0 Å². The van der Waals surface area contributed by atoms with Gasteiger partial charge in [-0.2, -0.15) is 0 Å². The van der Waals surface area contributed by atoms with Gasteiger partial charge in [0.1, 0.15) is 10.7 Å². The summed E-state index contributed by atoms with van der Waals surface area (Å²) < 4.78 is 45.1. The van der Waals surface area contributed by atoms with Crippen LogP contribution in [0.5, 0.6) is 0 Å². The van der Waals surface area contributed by atoms with E-state index in [2.05, 4.69) is 4.72 Å². The second-order valence-electron chi connectivity index (χ2n) is 3.98. The first-order chi connectivity index (χ1) is 8.81. The third-order valence-electron chi connectivity index (χ3n) is 2.55. The number of hydrogen-bond donors (Lipinski definition) is 2.